The summed E-state index contributed by atoms with van der Waals surface area (Å²) in [6, 6.07) is 3.04. The minimum Gasteiger partial charge on any atom is -0.462 e. The molecule has 120 valence electrons. The summed E-state index contributed by atoms with van der Waals surface area (Å²) in [5.41, 5.74) is 6.06. The lowest BCUT2D eigenvalue weighted by atomic mass is 10.2. The molecule has 0 aromatic carbocycles. The first-order chi connectivity index (χ1) is 10.5. The molecule has 1 saturated heterocycles. The second-order valence-electron chi connectivity index (χ2n) is 5.23. The summed E-state index contributed by atoms with van der Waals surface area (Å²) < 4.78 is 4.93. The van der Waals surface area contributed by atoms with Crippen LogP contribution >= 0.6 is 0 Å². The van der Waals surface area contributed by atoms with E-state index in [2.05, 4.69) is 9.88 Å². The van der Waals surface area contributed by atoms with E-state index in [-0.39, 0.29) is 11.9 Å². The fourth-order valence-electron chi connectivity index (χ4n) is 2.35. The van der Waals surface area contributed by atoms with Gasteiger partial charge >= 0.3 is 5.97 Å². The van der Waals surface area contributed by atoms with Gasteiger partial charge in [0, 0.05) is 32.4 Å². The van der Waals surface area contributed by atoms with Crippen LogP contribution in [-0.2, 0) is 9.53 Å². The van der Waals surface area contributed by atoms with Crippen molar-refractivity contribution in [1.29, 1.82) is 0 Å². The van der Waals surface area contributed by atoms with Crippen LogP contribution < -0.4 is 10.6 Å². The molecule has 0 radical (unpaired) electrons. The molecule has 0 aliphatic carbocycles. The number of anilines is 1. The van der Waals surface area contributed by atoms with Gasteiger partial charge in [0.25, 0.3) is 0 Å². The van der Waals surface area contributed by atoms with Crippen molar-refractivity contribution in [2.45, 2.75) is 19.9 Å². The molecule has 2 N–H and O–H groups in total. The van der Waals surface area contributed by atoms with E-state index in [1.807, 2.05) is 0 Å². The molecular formula is C15H22N4O3. The van der Waals surface area contributed by atoms with E-state index < -0.39 is 6.04 Å². The maximum absolute atomic E-state index is 11.8. The SMILES string of the molecule is CCOC(=O)c1ccc(N2CCN(C(=O)[C@@H](C)N)CC2)nc1. The minimum atomic E-state index is -0.464. The molecule has 2 heterocycles. The van der Waals surface area contributed by atoms with Crippen LogP contribution in [0.25, 0.3) is 0 Å². The Morgan fingerprint density at radius 1 is 1.32 bits per heavy atom. The van der Waals surface area contributed by atoms with Gasteiger partial charge in [-0.05, 0) is 26.0 Å². The van der Waals surface area contributed by atoms with Gasteiger partial charge in [-0.25, -0.2) is 9.78 Å². The highest BCUT2D eigenvalue weighted by Gasteiger charge is 2.23. The third-order valence-electron chi connectivity index (χ3n) is 3.56. The molecule has 22 heavy (non-hydrogen) atoms. The van der Waals surface area contributed by atoms with Crippen molar-refractivity contribution in [3.05, 3.63) is 23.9 Å². The summed E-state index contributed by atoms with van der Waals surface area (Å²) in [7, 11) is 0. The number of esters is 1. The Labute approximate surface area is 130 Å². The van der Waals surface area contributed by atoms with Crippen molar-refractivity contribution in [3.63, 3.8) is 0 Å². The van der Waals surface area contributed by atoms with Crippen molar-refractivity contribution in [3.8, 4) is 0 Å². The first-order valence-electron chi connectivity index (χ1n) is 7.45. The summed E-state index contributed by atoms with van der Waals surface area (Å²) in [5, 5.41) is 0. The standard InChI is InChI=1S/C15H22N4O3/c1-3-22-15(21)12-4-5-13(17-10-12)18-6-8-19(9-7-18)14(20)11(2)16/h4-5,10-11H,3,6-9,16H2,1-2H3/t11-/m1/s1. The Bertz CT molecular complexity index is 522. The van der Waals surface area contributed by atoms with Crippen LogP contribution in [0.2, 0.25) is 0 Å². The third kappa shape index (κ3) is 3.73. The number of nitrogens with zero attached hydrogens (tertiary/aromatic N) is 3. The number of ether oxygens (including phenoxy) is 1. The van der Waals surface area contributed by atoms with Crippen molar-refractivity contribution in [2.75, 3.05) is 37.7 Å². The highest BCUT2D eigenvalue weighted by molar-refractivity contribution is 5.89. The molecule has 1 aliphatic rings. The number of hydrogen-bond donors (Lipinski definition) is 1. The predicted molar refractivity (Wildman–Crippen MR) is 82.6 cm³/mol. The Morgan fingerprint density at radius 3 is 2.50 bits per heavy atom. The van der Waals surface area contributed by atoms with Gasteiger partial charge in [-0.15, -0.1) is 0 Å². The average molecular weight is 306 g/mol. The van der Waals surface area contributed by atoms with Gasteiger partial charge in [0.15, 0.2) is 0 Å². The van der Waals surface area contributed by atoms with Crippen molar-refractivity contribution >= 4 is 17.7 Å². The quantitative estimate of drug-likeness (QED) is 0.802. The summed E-state index contributed by atoms with van der Waals surface area (Å²) >= 11 is 0. The molecule has 0 bridgehead atoms. The first-order valence-corrected chi connectivity index (χ1v) is 7.45. The maximum Gasteiger partial charge on any atom is 0.339 e. The normalized spacial score (nSPS) is 16.3. The fraction of sp³-hybridized carbons (Fsp3) is 0.533. The monoisotopic (exact) mass is 306 g/mol. The van der Waals surface area contributed by atoms with Crippen LogP contribution in [0, 0.1) is 0 Å². The molecule has 0 unspecified atom stereocenters. The molecule has 7 heteroatoms. The number of piperazine rings is 1. The number of pyridine rings is 1. The molecule has 1 atom stereocenters. The van der Waals surface area contributed by atoms with Crippen molar-refractivity contribution < 1.29 is 14.3 Å². The van der Waals surface area contributed by atoms with E-state index in [1.54, 1.807) is 30.9 Å². The van der Waals surface area contributed by atoms with Crippen LogP contribution in [0.4, 0.5) is 5.82 Å². The topological polar surface area (TPSA) is 88.8 Å². The summed E-state index contributed by atoms with van der Waals surface area (Å²) in [6.07, 6.45) is 1.52. The third-order valence-corrected chi connectivity index (χ3v) is 3.56. The average Bonchev–Trinajstić information content (AvgIpc) is 2.54. The number of carbonyl (C=O) groups is 2. The summed E-state index contributed by atoms with van der Waals surface area (Å²) in [6.45, 7) is 6.46. The van der Waals surface area contributed by atoms with E-state index in [9.17, 15) is 9.59 Å². The molecule has 0 saturated carbocycles. The van der Waals surface area contributed by atoms with E-state index in [1.165, 1.54) is 6.20 Å². The number of carbonyl (C=O) groups excluding carboxylic acids is 2. The van der Waals surface area contributed by atoms with Crippen LogP contribution in [-0.4, -0.2) is 60.6 Å². The minimum absolute atomic E-state index is 0.0229. The molecule has 1 fully saturated rings. The molecule has 7 nitrogen and oxygen atoms in total. The van der Waals surface area contributed by atoms with E-state index >= 15 is 0 Å². The zero-order valence-corrected chi connectivity index (χ0v) is 13.0. The van der Waals surface area contributed by atoms with Gasteiger partial charge in [-0.3, -0.25) is 4.79 Å². The van der Waals surface area contributed by atoms with Gasteiger partial charge < -0.3 is 20.3 Å². The van der Waals surface area contributed by atoms with Gasteiger partial charge in [0.1, 0.15) is 5.82 Å². The summed E-state index contributed by atoms with van der Waals surface area (Å²) in [4.78, 5) is 31.6. The second kappa shape index (κ2) is 7.22. The number of aromatic nitrogens is 1. The molecule has 1 aliphatic heterocycles. The van der Waals surface area contributed by atoms with Gasteiger partial charge in [-0.2, -0.15) is 0 Å². The summed E-state index contributed by atoms with van der Waals surface area (Å²) in [5.74, 6) is 0.403. The lowest BCUT2D eigenvalue weighted by molar-refractivity contribution is -0.132. The highest BCUT2D eigenvalue weighted by Crippen LogP contribution is 2.15. The van der Waals surface area contributed by atoms with Crippen LogP contribution in [0.5, 0.6) is 0 Å². The number of rotatable bonds is 4. The van der Waals surface area contributed by atoms with E-state index in [4.69, 9.17) is 10.5 Å². The largest absolute Gasteiger partial charge is 0.462 e. The zero-order chi connectivity index (χ0) is 16.1. The van der Waals surface area contributed by atoms with Gasteiger partial charge in [0.2, 0.25) is 5.91 Å². The first kappa shape index (κ1) is 16.2. The maximum atomic E-state index is 11.8. The van der Waals surface area contributed by atoms with E-state index in [0.29, 0.717) is 38.3 Å². The Balaban J connectivity index is 1.94. The van der Waals surface area contributed by atoms with E-state index in [0.717, 1.165) is 5.82 Å². The van der Waals surface area contributed by atoms with Gasteiger partial charge in [0.05, 0.1) is 18.2 Å². The molecule has 1 aromatic heterocycles. The molecule has 2 rings (SSSR count). The van der Waals surface area contributed by atoms with Crippen LogP contribution in [0.3, 0.4) is 0 Å². The molecular weight excluding hydrogens is 284 g/mol. The lowest BCUT2D eigenvalue weighted by Gasteiger charge is -2.36. The number of nitrogens with two attached hydrogens (primary N) is 1. The molecule has 1 amide bonds. The smallest absolute Gasteiger partial charge is 0.339 e. The van der Waals surface area contributed by atoms with Crippen LogP contribution in [0.1, 0.15) is 24.2 Å². The number of hydrogen-bond acceptors (Lipinski definition) is 6. The second-order valence-corrected chi connectivity index (χ2v) is 5.23. The molecule has 1 aromatic rings. The Kier molecular flexibility index (Phi) is 5.32. The predicted octanol–water partition coefficient (Wildman–Crippen LogP) is 0.254. The van der Waals surface area contributed by atoms with Crippen molar-refractivity contribution in [1.82, 2.24) is 9.88 Å². The fourth-order valence-corrected chi connectivity index (χ4v) is 2.35. The lowest BCUT2D eigenvalue weighted by Crippen LogP contribution is -2.52. The Hall–Kier alpha value is -2.15. The Morgan fingerprint density at radius 2 is 2.00 bits per heavy atom. The van der Waals surface area contributed by atoms with Crippen LogP contribution in [0.15, 0.2) is 18.3 Å². The zero-order valence-electron chi connectivity index (χ0n) is 13.0. The van der Waals surface area contributed by atoms with Crippen molar-refractivity contribution in [2.24, 2.45) is 5.73 Å². The highest BCUT2D eigenvalue weighted by atomic mass is 16.5. The number of amides is 1. The molecule has 0 spiro atoms. The van der Waals surface area contributed by atoms with Gasteiger partial charge in [-0.1, -0.05) is 0 Å².